The number of anilines is 1. The first kappa shape index (κ1) is 15.7. The van der Waals surface area contributed by atoms with E-state index in [0.717, 1.165) is 5.69 Å². The van der Waals surface area contributed by atoms with Crippen LogP contribution in [-0.2, 0) is 5.41 Å². The van der Waals surface area contributed by atoms with Gasteiger partial charge in [0.05, 0.1) is 10.7 Å². The summed E-state index contributed by atoms with van der Waals surface area (Å²) in [6, 6.07) is 4.83. The van der Waals surface area contributed by atoms with Gasteiger partial charge in [0.2, 0.25) is 5.88 Å². The van der Waals surface area contributed by atoms with Crippen LogP contribution in [0.15, 0.2) is 22.7 Å². The number of hydrogen-bond donors (Lipinski definition) is 1. The first-order valence-electron chi connectivity index (χ1n) is 7.22. The number of aromatic nitrogens is 1. The first-order valence-corrected chi connectivity index (χ1v) is 7.60. The molecule has 0 aliphatic carbocycles. The largest absolute Gasteiger partial charge is 0.486 e. The number of nitrogens with zero attached hydrogens (tertiary/aromatic N) is 1. The molecule has 0 fully saturated rings. The Morgan fingerprint density at radius 1 is 1.22 bits per heavy atom. The van der Waals surface area contributed by atoms with Gasteiger partial charge in [0.1, 0.15) is 13.2 Å². The number of ether oxygens (including phenoxy) is 2. The molecule has 1 aliphatic heterocycles. The standard InChI is InChI=1S/C16H17ClN2O4/c1-16(2,3)12-8-13(23-19-12)18-15(20)9-6-10(17)14-11(7-9)21-4-5-22-14/h6-8H,4-5H2,1-3H3,(H,18,20). The van der Waals surface area contributed by atoms with Crippen LogP contribution in [0.1, 0.15) is 36.8 Å². The van der Waals surface area contributed by atoms with E-state index in [-0.39, 0.29) is 17.2 Å². The Hall–Kier alpha value is -2.21. The molecule has 1 amide bonds. The summed E-state index contributed by atoms with van der Waals surface area (Å²) in [7, 11) is 0. The quantitative estimate of drug-likeness (QED) is 0.906. The molecule has 1 aliphatic rings. The van der Waals surface area contributed by atoms with Gasteiger partial charge >= 0.3 is 0 Å². The summed E-state index contributed by atoms with van der Waals surface area (Å²) >= 11 is 6.14. The fourth-order valence-electron chi connectivity index (χ4n) is 2.11. The highest BCUT2D eigenvalue weighted by atomic mass is 35.5. The van der Waals surface area contributed by atoms with Crippen molar-refractivity contribution in [3.8, 4) is 11.5 Å². The monoisotopic (exact) mass is 336 g/mol. The summed E-state index contributed by atoms with van der Waals surface area (Å²) in [6.07, 6.45) is 0. The second-order valence-electron chi connectivity index (χ2n) is 6.26. The molecule has 0 spiro atoms. The molecule has 1 N–H and O–H groups in total. The number of carbonyl (C=O) groups is 1. The maximum Gasteiger partial charge on any atom is 0.258 e. The third kappa shape index (κ3) is 3.27. The third-order valence-corrected chi connectivity index (χ3v) is 3.66. The van der Waals surface area contributed by atoms with Gasteiger partial charge in [-0.15, -0.1) is 0 Å². The lowest BCUT2D eigenvalue weighted by Gasteiger charge is -2.20. The molecule has 0 radical (unpaired) electrons. The lowest BCUT2D eigenvalue weighted by molar-refractivity contribution is 0.102. The molecule has 0 bridgehead atoms. The van der Waals surface area contributed by atoms with Crippen LogP contribution in [0.4, 0.5) is 5.88 Å². The zero-order valence-electron chi connectivity index (χ0n) is 13.1. The molecular weight excluding hydrogens is 320 g/mol. The van der Waals surface area contributed by atoms with Crippen molar-refractivity contribution in [1.82, 2.24) is 5.16 Å². The molecule has 23 heavy (non-hydrogen) atoms. The Kier molecular flexibility index (Phi) is 3.93. The summed E-state index contributed by atoms with van der Waals surface area (Å²) < 4.78 is 16.1. The van der Waals surface area contributed by atoms with Gasteiger partial charge in [0, 0.05) is 17.0 Å². The van der Waals surface area contributed by atoms with E-state index >= 15 is 0 Å². The fourth-order valence-corrected chi connectivity index (χ4v) is 2.38. The van der Waals surface area contributed by atoms with Gasteiger partial charge in [-0.2, -0.15) is 0 Å². The van der Waals surface area contributed by atoms with Gasteiger partial charge in [-0.1, -0.05) is 37.5 Å². The van der Waals surface area contributed by atoms with Crippen molar-refractivity contribution in [2.75, 3.05) is 18.5 Å². The molecule has 1 aromatic carbocycles. The lowest BCUT2D eigenvalue weighted by atomic mass is 9.92. The van der Waals surface area contributed by atoms with Gasteiger partial charge < -0.3 is 14.0 Å². The summed E-state index contributed by atoms with van der Waals surface area (Å²) in [4.78, 5) is 12.4. The topological polar surface area (TPSA) is 73.6 Å². The molecule has 0 saturated carbocycles. The van der Waals surface area contributed by atoms with Crippen LogP contribution in [0, 0.1) is 0 Å². The molecule has 0 unspecified atom stereocenters. The Morgan fingerprint density at radius 2 is 1.96 bits per heavy atom. The first-order chi connectivity index (χ1) is 10.8. The van der Waals surface area contributed by atoms with Crippen molar-refractivity contribution in [1.29, 1.82) is 0 Å². The van der Waals surface area contributed by atoms with E-state index in [1.807, 2.05) is 20.8 Å². The maximum atomic E-state index is 12.4. The summed E-state index contributed by atoms with van der Waals surface area (Å²) in [5.41, 5.74) is 0.952. The second-order valence-corrected chi connectivity index (χ2v) is 6.67. The Labute approximate surface area is 138 Å². The number of benzene rings is 1. The number of halogens is 1. The molecule has 122 valence electrons. The van der Waals surface area contributed by atoms with Crippen molar-refractivity contribution in [3.63, 3.8) is 0 Å². The molecule has 1 aromatic heterocycles. The van der Waals surface area contributed by atoms with Crippen LogP contribution in [0.2, 0.25) is 5.02 Å². The summed E-state index contributed by atoms with van der Waals surface area (Å²) in [6.45, 7) is 6.89. The van der Waals surface area contributed by atoms with Crippen LogP contribution in [0.25, 0.3) is 0 Å². The Balaban J connectivity index is 1.81. The maximum absolute atomic E-state index is 12.4. The van der Waals surface area contributed by atoms with Crippen molar-refractivity contribution in [3.05, 3.63) is 34.5 Å². The lowest BCUT2D eigenvalue weighted by Crippen LogP contribution is -2.17. The van der Waals surface area contributed by atoms with E-state index < -0.39 is 0 Å². The second kappa shape index (κ2) is 5.77. The highest BCUT2D eigenvalue weighted by molar-refractivity contribution is 6.32. The van der Waals surface area contributed by atoms with Crippen LogP contribution in [0.3, 0.4) is 0 Å². The highest BCUT2D eigenvalue weighted by Crippen LogP contribution is 2.38. The van der Waals surface area contributed by atoms with E-state index in [1.54, 1.807) is 12.1 Å². The van der Waals surface area contributed by atoms with Crippen LogP contribution in [-0.4, -0.2) is 24.3 Å². The molecule has 3 rings (SSSR count). The SMILES string of the molecule is CC(C)(C)c1cc(NC(=O)c2cc(Cl)c3c(c2)OCCO3)on1. The normalized spacial score (nSPS) is 13.7. The predicted octanol–water partition coefficient (Wildman–Crippen LogP) is 3.65. The zero-order chi connectivity index (χ0) is 16.6. The molecule has 0 saturated heterocycles. The minimum Gasteiger partial charge on any atom is -0.486 e. The van der Waals surface area contributed by atoms with E-state index in [2.05, 4.69) is 10.5 Å². The number of nitrogens with one attached hydrogen (secondary N) is 1. The van der Waals surface area contributed by atoms with Crippen molar-refractivity contribution in [2.45, 2.75) is 26.2 Å². The summed E-state index contributed by atoms with van der Waals surface area (Å²) in [5, 5.41) is 6.96. The fraction of sp³-hybridized carbons (Fsp3) is 0.375. The van der Waals surface area contributed by atoms with Gasteiger partial charge in [0.25, 0.3) is 5.91 Å². The molecule has 0 atom stereocenters. The highest BCUT2D eigenvalue weighted by Gasteiger charge is 2.22. The van der Waals surface area contributed by atoms with E-state index in [1.165, 1.54) is 6.07 Å². The van der Waals surface area contributed by atoms with Gasteiger partial charge in [-0.3, -0.25) is 10.1 Å². The Morgan fingerprint density at radius 3 is 2.65 bits per heavy atom. The average Bonchev–Trinajstić information content (AvgIpc) is 2.96. The minimum absolute atomic E-state index is 0.160. The van der Waals surface area contributed by atoms with Gasteiger partial charge in [0.15, 0.2) is 11.5 Å². The minimum atomic E-state index is -0.361. The van der Waals surface area contributed by atoms with E-state index in [0.29, 0.717) is 35.3 Å². The average molecular weight is 337 g/mol. The molecule has 2 heterocycles. The number of hydrogen-bond acceptors (Lipinski definition) is 5. The van der Waals surface area contributed by atoms with E-state index in [4.69, 9.17) is 25.6 Å². The number of rotatable bonds is 2. The molecular formula is C16H17ClN2O4. The van der Waals surface area contributed by atoms with Crippen LogP contribution in [0.5, 0.6) is 11.5 Å². The van der Waals surface area contributed by atoms with E-state index in [9.17, 15) is 4.79 Å². The molecule has 6 nitrogen and oxygen atoms in total. The van der Waals surface area contributed by atoms with Crippen molar-refractivity contribution in [2.24, 2.45) is 0 Å². The number of carbonyl (C=O) groups excluding carboxylic acids is 1. The zero-order valence-corrected chi connectivity index (χ0v) is 13.9. The van der Waals surface area contributed by atoms with Gasteiger partial charge in [-0.05, 0) is 12.1 Å². The molecule has 2 aromatic rings. The summed E-state index contributed by atoms with van der Waals surface area (Å²) in [5.74, 6) is 0.845. The van der Waals surface area contributed by atoms with Crippen LogP contribution >= 0.6 is 11.6 Å². The van der Waals surface area contributed by atoms with Crippen molar-refractivity contribution >= 4 is 23.4 Å². The van der Waals surface area contributed by atoms with Crippen LogP contribution < -0.4 is 14.8 Å². The number of amides is 1. The molecule has 7 heteroatoms. The van der Waals surface area contributed by atoms with Gasteiger partial charge in [-0.25, -0.2) is 0 Å². The Bertz CT molecular complexity index is 749. The number of fused-ring (bicyclic) bond motifs is 1. The smallest absolute Gasteiger partial charge is 0.258 e. The predicted molar refractivity (Wildman–Crippen MR) is 85.6 cm³/mol. The third-order valence-electron chi connectivity index (χ3n) is 3.37. The van der Waals surface area contributed by atoms with Crippen molar-refractivity contribution < 1.29 is 18.8 Å².